The third-order valence-electron chi connectivity index (χ3n) is 1.62. The number of hydrogen-bond donors (Lipinski definition) is 1. The molecule has 13 heavy (non-hydrogen) atoms. The summed E-state index contributed by atoms with van der Waals surface area (Å²) in [4.78, 5) is 10.9. The van der Waals surface area contributed by atoms with Crippen LogP contribution in [-0.2, 0) is 9.47 Å². The van der Waals surface area contributed by atoms with Crippen molar-refractivity contribution in [3.05, 3.63) is 25.3 Å². The van der Waals surface area contributed by atoms with Gasteiger partial charge in [0, 0.05) is 6.54 Å². The first-order valence-corrected chi connectivity index (χ1v) is 4.07. The molecule has 0 aromatic carbocycles. The molecule has 0 spiro atoms. The molecule has 1 aliphatic heterocycles. The van der Waals surface area contributed by atoms with Gasteiger partial charge in [0.15, 0.2) is 0 Å². The number of amides is 1. The second kappa shape index (κ2) is 4.67. The molecule has 0 saturated carbocycles. The maximum Gasteiger partial charge on any atom is 0.407 e. The number of alkyl carbamates (subject to hydrolysis) is 1. The van der Waals surface area contributed by atoms with Gasteiger partial charge in [-0.3, -0.25) is 0 Å². The molecular formula is C9H13NO3. The molecule has 4 nitrogen and oxygen atoms in total. The fourth-order valence-corrected chi connectivity index (χ4v) is 0.862. The zero-order chi connectivity index (χ0) is 9.68. The summed E-state index contributed by atoms with van der Waals surface area (Å²) >= 11 is 0. The van der Waals surface area contributed by atoms with Gasteiger partial charge in [0.1, 0.15) is 18.8 Å². The van der Waals surface area contributed by atoms with Crippen LogP contribution in [0.15, 0.2) is 25.3 Å². The van der Waals surface area contributed by atoms with Crippen LogP contribution in [0.5, 0.6) is 0 Å². The van der Waals surface area contributed by atoms with Crippen LogP contribution in [0.3, 0.4) is 0 Å². The molecular weight excluding hydrogens is 173 g/mol. The summed E-state index contributed by atoms with van der Waals surface area (Å²) in [5.74, 6) is 0. The van der Waals surface area contributed by atoms with E-state index in [2.05, 4.69) is 18.5 Å². The summed E-state index contributed by atoms with van der Waals surface area (Å²) < 4.78 is 9.91. The Morgan fingerprint density at radius 1 is 1.62 bits per heavy atom. The van der Waals surface area contributed by atoms with Crippen LogP contribution in [0.25, 0.3) is 0 Å². The van der Waals surface area contributed by atoms with E-state index in [0.29, 0.717) is 6.54 Å². The van der Waals surface area contributed by atoms with Crippen molar-refractivity contribution in [2.75, 3.05) is 13.2 Å². The monoisotopic (exact) mass is 186 g/mol. The van der Waals surface area contributed by atoms with Gasteiger partial charge >= 0.3 is 6.09 Å². The van der Waals surface area contributed by atoms with Gasteiger partial charge in [0.2, 0.25) is 0 Å². The minimum Gasteiger partial charge on any atom is -0.447 e. The third-order valence-corrected chi connectivity index (χ3v) is 1.62. The first-order valence-electron chi connectivity index (χ1n) is 4.07. The zero-order valence-electron chi connectivity index (χ0n) is 7.36. The highest BCUT2D eigenvalue weighted by Gasteiger charge is 2.36. The highest BCUT2D eigenvalue weighted by Crippen LogP contribution is 2.22. The Kier molecular flexibility index (Phi) is 3.52. The standard InChI is InChI=1S/C9H13NO3/c1-3-5-10-9(11)12-6-8-7(4-2)13-8/h3-4,7-8H,1-2,5-6H2,(H,10,11)/t7-,8-/m0/s1/i6+1,7+1,8+1. The van der Waals surface area contributed by atoms with E-state index in [4.69, 9.17) is 9.47 Å². The van der Waals surface area contributed by atoms with E-state index >= 15 is 0 Å². The Labute approximate surface area is 77.2 Å². The number of carbonyl (C=O) groups is 1. The van der Waals surface area contributed by atoms with E-state index in [1.165, 1.54) is 0 Å². The van der Waals surface area contributed by atoms with E-state index in [1.807, 2.05) is 0 Å². The number of rotatable bonds is 5. The average Bonchev–Trinajstić information content (AvgIpc) is 2.90. The molecule has 1 amide bonds. The summed E-state index contributed by atoms with van der Waals surface area (Å²) in [6, 6.07) is 0. The van der Waals surface area contributed by atoms with Gasteiger partial charge in [-0.1, -0.05) is 12.2 Å². The number of nitrogens with one attached hydrogen (secondary N) is 1. The lowest BCUT2D eigenvalue weighted by atomic mass is 10.6. The Morgan fingerprint density at radius 2 is 2.38 bits per heavy atom. The van der Waals surface area contributed by atoms with Crippen molar-refractivity contribution in [2.45, 2.75) is 12.2 Å². The normalized spacial score (nSPS) is 24.6. The maximum absolute atomic E-state index is 10.9. The Morgan fingerprint density at radius 3 is 2.92 bits per heavy atom. The molecule has 1 heterocycles. The van der Waals surface area contributed by atoms with E-state index < -0.39 is 6.09 Å². The molecule has 0 bridgehead atoms. The van der Waals surface area contributed by atoms with Crippen molar-refractivity contribution in [2.24, 2.45) is 0 Å². The second-order valence-corrected chi connectivity index (χ2v) is 2.64. The largest absolute Gasteiger partial charge is 0.447 e. The fraction of sp³-hybridized carbons (Fsp3) is 0.444. The van der Waals surface area contributed by atoms with E-state index in [9.17, 15) is 4.79 Å². The topological polar surface area (TPSA) is 50.9 Å². The highest BCUT2D eigenvalue weighted by molar-refractivity contribution is 5.67. The predicted molar refractivity (Wildman–Crippen MR) is 48.4 cm³/mol. The van der Waals surface area contributed by atoms with Crippen molar-refractivity contribution in [3.8, 4) is 0 Å². The zero-order valence-corrected chi connectivity index (χ0v) is 7.36. The number of epoxide rings is 1. The molecule has 4 heteroatoms. The molecule has 1 aliphatic rings. The first-order chi connectivity index (χ1) is 6.27. The van der Waals surface area contributed by atoms with E-state index in [-0.39, 0.29) is 18.8 Å². The summed E-state index contributed by atoms with van der Waals surface area (Å²) in [7, 11) is 0. The third kappa shape index (κ3) is 3.29. The van der Waals surface area contributed by atoms with E-state index in [1.54, 1.807) is 12.2 Å². The van der Waals surface area contributed by atoms with Crippen LogP contribution in [0, 0.1) is 0 Å². The van der Waals surface area contributed by atoms with Crippen LogP contribution in [0.2, 0.25) is 0 Å². The minimum atomic E-state index is -0.446. The first kappa shape index (κ1) is 9.80. The van der Waals surface area contributed by atoms with Gasteiger partial charge in [-0.2, -0.15) is 0 Å². The lowest BCUT2D eigenvalue weighted by Crippen LogP contribution is -2.25. The summed E-state index contributed by atoms with van der Waals surface area (Å²) in [5, 5.41) is 2.49. The Bertz CT molecular complexity index is 215. The average molecular weight is 186 g/mol. The summed E-state index contributed by atoms with van der Waals surface area (Å²) in [5.41, 5.74) is 0. The molecule has 0 aromatic heterocycles. The van der Waals surface area contributed by atoms with Gasteiger partial charge in [0.05, 0.1) is 0 Å². The molecule has 1 N–H and O–H groups in total. The predicted octanol–water partition coefficient (Wildman–Crippen LogP) is 0.852. The van der Waals surface area contributed by atoms with Crippen LogP contribution in [0.4, 0.5) is 4.79 Å². The van der Waals surface area contributed by atoms with Crippen molar-refractivity contribution in [1.82, 2.24) is 5.32 Å². The van der Waals surface area contributed by atoms with Crippen molar-refractivity contribution < 1.29 is 14.3 Å². The SMILES string of the molecule is C=CCNC(=O)O[13CH2][13C@@H]1O[13C@H]1C=C. The Balaban J connectivity index is 2.02. The molecule has 72 valence electrons. The van der Waals surface area contributed by atoms with Gasteiger partial charge in [-0.15, -0.1) is 13.2 Å². The minimum absolute atomic E-state index is 0.00742. The van der Waals surface area contributed by atoms with Crippen LogP contribution in [0.1, 0.15) is 0 Å². The fourth-order valence-electron chi connectivity index (χ4n) is 0.862. The summed E-state index contributed by atoms with van der Waals surface area (Å²) in [6.45, 7) is 7.70. The maximum atomic E-state index is 10.9. The number of ether oxygens (including phenoxy) is 2. The van der Waals surface area contributed by atoms with E-state index in [0.717, 1.165) is 0 Å². The molecule has 1 saturated heterocycles. The van der Waals surface area contributed by atoms with Crippen LogP contribution < -0.4 is 5.32 Å². The smallest absolute Gasteiger partial charge is 0.407 e. The van der Waals surface area contributed by atoms with Crippen molar-refractivity contribution in [3.63, 3.8) is 0 Å². The molecule has 0 aliphatic carbocycles. The summed E-state index contributed by atoms with van der Waals surface area (Å²) in [6.07, 6.45) is 2.87. The molecule has 0 aromatic rings. The van der Waals surface area contributed by atoms with Crippen LogP contribution in [-0.4, -0.2) is 31.5 Å². The Hall–Kier alpha value is -1.29. The highest BCUT2D eigenvalue weighted by atomic mass is 16.8. The molecule has 2 atom stereocenters. The molecule has 0 unspecified atom stereocenters. The van der Waals surface area contributed by atoms with Crippen LogP contribution >= 0.6 is 0 Å². The molecule has 1 rings (SSSR count). The van der Waals surface area contributed by atoms with Crippen molar-refractivity contribution in [1.29, 1.82) is 0 Å². The van der Waals surface area contributed by atoms with Gasteiger partial charge in [-0.25, -0.2) is 4.79 Å². The van der Waals surface area contributed by atoms with Crippen molar-refractivity contribution >= 4 is 6.09 Å². The number of hydrogen-bond acceptors (Lipinski definition) is 3. The lowest BCUT2D eigenvalue weighted by Gasteiger charge is -2.02. The lowest BCUT2D eigenvalue weighted by molar-refractivity contribution is 0.137. The second-order valence-electron chi connectivity index (χ2n) is 2.64. The van der Waals surface area contributed by atoms with Gasteiger partial charge < -0.3 is 14.8 Å². The number of carbonyl (C=O) groups excluding carboxylic acids is 1. The molecule has 1 fully saturated rings. The van der Waals surface area contributed by atoms with Gasteiger partial charge in [0.25, 0.3) is 0 Å². The molecule has 0 radical (unpaired) electrons. The quantitative estimate of drug-likeness (QED) is 0.393. The van der Waals surface area contributed by atoms with Gasteiger partial charge in [-0.05, 0) is 0 Å².